The van der Waals surface area contributed by atoms with E-state index in [1.54, 1.807) is 0 Å². The molecule has 0 spiro atoms. The Labute approximate surface area is 108 Å². The summed E-state index contributed by atoms with van der Waals surface area (Å²) in [5, 5.41) is 2.85. The molecule has 0 bridgehead atoms. The predicted octanol–water partition coefficient (Wildman–Crippen LogP) is 1.01. The highest BCUT2D eigenvalue weighted by Gasteiger charge is 2.24. The quantitative estimate of drug-likeness (QED) is 0.776. The number of amides is 1. The van der Waals surface area contributed by atoms with E-state index in [4.69, 9.17) is 5.73 Å². The first-order valence-electron chi connectivity index (χ1n) is 5.53. The molecule has 1 aromatic carbocycles. The summed E-state index contributed by atoms with van der Waals surface area (Å²) in [7, 11) is 0. The summed E-state index contributed by atoms with van der Waals surface area (Å²) in [5.41, 5.74) is 7.65. The SMILES string of the molecule is CC1C(=O)NCCN1Cc1cccc(N)c1.Cl. The molecule has 2 rings (SSSR count). The normalized spacial score (nSPS) is 20.5. The highest BCUT2D eigenvalue weighted by molar-refractivity contribution is 5.85. The molecule has 1 heterocycles. The second-order valence-electron chi connectivity index (χ2n) is 4.18. The van der Waals surface area contributed by atoms with Gasteiger partial charge in [0.25, 0.3) is 0 Å². The van der Waals surface area contributed by atoms with Crippen LogP contribution in [0.15, 0.2) is 24.3 Å². The van der Waals surface area contributed by atoms with Crippen LogP contribution in [0, 0.1) is 0 Å². The van der Waals surface area contributed by atoms with Crippen LogP contribution in [0.25, 0.3) is 0 Å². The highest BCUT2D eigenvalue weighted by atomic mass is 35.5. The topological polar surface area (TPSA) is 58.4 Å². The lowest BCUT2D eigenvalue weighted by molar-refractivity contribution is -0.128. The van der Waals surface area contributed by atoms with Gasteiger partial charge in [-0.3, -0.25) is 9.69 Å². The average Bonchev–Trinajstić information content (AvgIpc) is 2.25. The van der Waals surface area contributed by atoms with Crippen molar-refractivity contribution in [2.75, 3.05) is 18.8 Å². The molecular formula is C12H18ClN3O. The summed E-state index contributed by atoms with van der Waals surface area (Å²) in [6.07, 6.45) is 0. The van der Waals surface area contributed by atoms with Gasteiger partial charge in [0.15, 0.2) is 0 Å². The van der Waals surface area contributed by atoms with Crippen molar-refractivity contribution in [2.45, 2.75) is 19.5 Å². The first-order valence-corrected chi connectivity index (χ1v) is 5.53. The van der Waals surface area contributed by atoms with Gasteiger partial charge in [0.2, 0.25) is 5.91 Å². The van der Waals surface area contributed by atoms with E-state index >= 15 is 0 Å². The standard InChI is InChI=1S/C12H17N3O.ClH/c1-9-12(16)14-5-6-15(9)8-10-3-2-4-11(13)7-10;/h2-4,7,9H,5-6,8,13H2,1H3,(H,14,16);1H. The Hall–Kier alpha value is -1.26. The van der Waals surface area contributed by atoms with Crippen LogP contribution >= 0.6 is 12.4 Å². The Bertz CT molecular complexity index is 397. The average molecular weight is 256 g/mol. The molecule has 1 unspecified atom stereocenters. The summed E-state index contributed by atoms with van der Waals surface area (Å²) in [5.74, 6) is 0.107. The molecule has 94 valence electrons. The van der Waals surface area contributed by atoms with Crippen LogP contribution in [0.4, 0.5) is 5.69 Å². The molecular weight excluding hydrogens is 238 g/mol. The molecule has 0 aromatic heterocycles. The van der Waals surface area contributed by atoms with E-state index in [0.29, 0.717) is 0 Å². The molecule has 0 saturated carbocycles. The zero-order chi connectivity index (χ0) is 11.5. The number of nitrogens with two attached hydrogens (primary N) is 1. The number of nitrogens with one attached hydrogen (secondary N) is 1. The number of carbonyl (C=O) groups is 1. The second kappa shape index (κ2) is 5.89. The summed E-state index contributed by atoms with van der Waals surface area (Å²) in [6, 6.07) is 7.75. The van der Waals surface area contributed by atoms with Crippen molar-refractivity contribution in [1.82, 2.24) is 10.2 Å². The van der Waals surface area contributed by atoms with E-state index in [1.165, 1.54) is 0 Å². The van der Waals surface area contributed by atoms with E-state index in [9.17, 15) is 4.79 Å². The van der Waals surface area contributed by atoms with Crippen molar-refractivity contribution >= 4 is 24.0 Å². The van der Waals surface area contributed by atoms with E-state index in [-0.39, 0.29) is 24.4 Å². The van der Waals surface area contributed by atoms with Crippen molar-refractivity contribution in [3.05, 3.63) is 29.8 Å². The number of benzene rings is 1. The first-order chi connectivity index (χ1) is 7.66. The van der Waals surface area contributed by atoms with Gasteiger partial charge in [-0.15, -0.1) is 12.4 Å². The highest BCUT2D eigenvalue weighted by Crippen LogP contribution is 2.13. The van der Waals surface area contributed by atoms with Crippen LogP contribution in [-0.2, 0) is 11.3 Å². The maximum Gasteiger partial charge on any atom is 0.237 e. The molecule has 3 N–H and O–H groups in total. The van der Waals surface area contributed by atoms with Crippen LogP contribution in [0.5, 0.6) is 0 Å². The lowest BCUT2D eigenvalue weighted by atomic mass is 10.1. The molecule has 1 aliphatic heterocycles. The fourth-order valence-corrected chi connectivity index (χ4v) is 1.97. The van der Waals surface area contributed by atoms with Crippen LogP contribution in [0.2, 0.25) is 0 Å². The summed E-state index contributed by atoms with van der Waals surface area (Å²) in [6.45, 7) is 4.33. The third kappa shape index (κ3) is 3.35. The van der Waals surface area contributed by atoms with Gasteiger partial charge in [0, 0.05) is 25.3 Å². The van der Waals surface area contributed by atoms with Crippen LogP contribution in [0.1, 0.15) is 12.5 Å². The fourth-order valence-electron chi connectivity index (χ4n) is 1.97. The van der Waals surface area contributed by atoms with Gasteiger partial charge in [-0.25, -0.2) is 0 Å². The van der Waals surface area contributed by atoms with Gasteiger partial charge in [-0.05, 0) is 24.6 Å². The number of nitrogen functional groups attached to an aromatic ring is 1. The molecule has 1 saturated heterocycles. The maximum atomic E-state index is 11.5. The van der Waals surface area contributed by atoms with Gasteiger partial charge < -0.3 is 11.1 Å². The Morgan fingerprint density at radius 1 is 1.53 bits per heavy atom. The van der Waals surface area contributed by atoms with Crippen molar-refractivity contribution in [3.8, 4) is 0 Å². The number of carbonyl (C=O) groups excluding carboxylic acids is 1. The molecule has 4 nitrogen and oxygen atoms in total. The fraction of sp³-hybridized carbons (Fsp3) is 0.417. The molecule has 1 aliphatic rings. The molecule has 17 heavy (non-hydrogen) atoms. The molecule has 1 amide bonds. The largest absolute Gasteiger partial charge is 0.399 e. The van der Waals surface area contributed by atoms with Crippen LogP contribution in [0.3, 0.4) is 0 Å². The number of piperazine rings is 1. The molecule has 0 aliphatic carbocycles. The zero-order valence-electron chi connectivity index (χ0n) is 9.85. The monoisotopic (exact) mass is 255 g/mol. The van der Waals surface area contributed by atoms with E-state index in [2.05, 4.69) is 10.2 Å². The molecule has 1 aromatic rings. The number of nitrogens with zero attached hydrogens (tertiary/aromatic N) is 1. The van der Waals surface area contributed by atoms with Gasteiger partial charge in [-0.1, -0.05) is 12.1 Å². The van der Waals surface area contributed by atoms with Crippen molar-refractivity contribution in [3.63, 3.8) is 0 Å². The minimum Gasteiger partial charge on any atom is -0.399 e. The van der Waals surface area contributed by atoms with E-state index < -0.39 is 0 Å². The van der Waals surface area contributed by atoms with Gasteiger partial charge in [0.1, 0.15) is 0 Å². The Balaban J connectivity index is 0.00000144. The first kappa shape index (κ1) is 13.8. The molecule has 1 fully saturated rings. The molecule has 5 heteroatoms. The van der Waals surface area contributed by atoms with Gasteiger partial charge in [0.05, 0.1) is 6.04 Å². The Kier molecular flexibility index (Phi) is 4.78. The number of halogens is 1. The van der Waals surface area contributed by atoms with Crippen molar-refractivity contribution in [2.24, 2.45) is 0 Å². The number of hydrogen-bond acceptors (Lipinski definition) is 3. The van der Waals surface area contributed by atoms with Crippen LogP contribution in [-0.4, -0.2) is 29.9 Å². The predicted molar refractivity (Wildman–Crippen MR) is 71.0 cm³/mol. The molecule has 0 radical (unpaired) electrons. The second-order valence-corrected chi connectivity index (χ2v) is 4.18. The van der Waals surface area contributed by atoms with Gasteiger partial charge >= 0.3 is 0 Å². The molecule has 1 atom stereocenters. The Morgan fingerprint density at radius 2 is 2.29 bits per heavy atom. The van der Waals surface area contributed by atoms with Crippen molar-refractivity contribution < 1.29 is 4.79 Å². The third-order valence-electron chi connectivity index (χ3n) is 2.96. The summed E-state index contributed by atoms with van der Waals surface area (Å²) >= 11 is 0. The van der Waals surface area contributed by atoms with E-state index in [1.807, 2.05) is 31.2 Å². The number of rotatable bonds is 2. The van der Waals surface area contributed by atoms with Crippen LogP contribution < -0.4 is 11.1 Å². The minimum absolute atomic E-state index is 0. The zero-order valence-corrected chi connectivity index (χ0v) is 10.7. The number of hydrogen-bond donors (Lipinski definition) is 2. The number of anilines is 1. The smallest absolute Gasteiger partial charge is 0.237 e. The Morgan fingerprint density at radius 3 is 3.00 bits per heavy atom. The van der Waals surface area contributed by atoms with Gasteiger partial charge in [-0.2, -0.15) is 0 Å². The van der Waals surface area contributed by atoms with E-state index in [0.717, 1.165) is 30.9 Å². The van der Waals surface area contributed by atoms with Crippen molar-refractivity contribution in [1.29, 1.82) is 0 Å². The third-order valence-corrected chi connectivity index (χ3v) is 2.96. The summed E-state index contributed by atoms with van der Waals surface area (Å²) in [4.78, 5) is 13.6. The maximum absolute atomic E-state index is 11.5. The lowest BCUT2D eigenvalue weighted by Crippen LogP contribution is -2.53. The summed E-state index contributed by atoms with van der Waals surface area (Å²) < 4.78 is 0. The lowest BCUT2D eigenvalue weighted by Gasteiger charge is -2.32. The minimum atomic E-state index is -0.0600.